The lowest BCUT2D eigenvalue weighted by Crippen LogP contribution is -2.17. The SMILES string of the molecule is CCCc1ccccc1NCc1ccccc1C(N)=NO. The lowest BCUT2D eigenvalue weighted by atomic mass is 10.1. The van der Waals surface area contributed by atoms with Crippen LogP contribution < -0.4 is 11.1 Å². The number of hydrogen-bond acceptors (Lipinski definition) is 3. The van der Waals surface area contributed by atoms with Crippen LogP contribution in [0.4, 0.5) is 5.69 Å². The monoisotopic (exact) mass is 283 g/mol. The molecule has 0 heterocycles. The van der Waals surface area contributed by atoms with E-state index in [1.807, 2.05) is 30.3 Å². The van der Waals surface area contributed by atoms with E-state index in [0.717, 1.165) is 29.7 Å². The van der Waals surface area contributed by atoms with Gasteiger partial charge in [0.2, 0.25) is 0 Å². The first-order valence-electron chi connectivity index (χ1n) is 7.13. The van der Waals surface area contributed by atoms with Crippen molar-refractivity contribution in [2.24, 2.45) is 10.9 Å². The van der Waals surface area contributed by atoms with Gasteiger partial charge in [0.25, 0.3) is 0 Å². The number of aryl methyl sites for hydroxylation is 1. The van der Waals surface area contributed by atoms with Crippen LogP contribution in [-0.4, -0.2) is 11.0 Å². The van der Waals surface area contributed by atoms with Crippen LogP contribution >= 0.6 is 0 Å². The van der Waals surface area contributed by atoms with Gasteiger partial charge in [-0.05, 0) is 23.6 Å². The Labute approximate surface area is 125 Å². The molecule has 21 heavy (non-hydrogen) atoms. The molecule has 0 radical (unpaired) electrons. The van der Waals surface area contributed by atoms with Crippen LogP contribution in [0, 0.1) is 0 Å². The Morgan fingerprint density at radius 3 is 2.48 bits per heavy atom. The van der Waals surface area contributed by atoms with E-state index >= 15 is 0 Å². The standard InChI is InChI=1S/C17H21N3O/c1-2-7-13-8-4-6-11-16(13)19-12-14-9-3-5-10-15(14)17(18)20-21/h3-6,8-11,19,21H,2,7,12H2,1H3,(H2,18,20). The minimum absolute atomic E-state index is 0.134. The molecule has 0 saturated carbocycles. The van der Waals surface area contributed by atoms with Crippen LogP contribution in [0.15, 0.2) is 53.7 Å². The quantitative estimate of drug-likeness (QED) is 0.329. The molecule has 0 aliphatic rings. The highest BCUT2D eigenvalue weighted by atomic mass is 16.4. The minimum atomic E-state index is 0.134. The molecule has 2 aromatic carbocycles. The molecule has 2 aromatic rings. The van der Waals surface area contributed by atoms with E-state index in [1.165, 1.54) is 5.56 Å². The summed E-state index contributed by atoms with van der Waals surface area (Å²) in [6, 6.07) is 16.0. The molecule has 4 heteroatoms. The second-order valence-electron chi connectivity index (χ2n) is 4.90. The lowest BCUT2D eigenvalue weighted by Gasteiger charge is -2.13. The molecule has 0 fully saturated rings. The summed E-state index contributed by atoms with van der Waals surface area (Å²) in [5, 5.41) is 15.4. The fourth-order valence-electron chi connectivity index (χ4n) is 2.35. The summed E-state index contributed by atoms with van der Waals surface area (Å²) in [4.78, 5) is 0. The van der Waals surface area contributed by atoms with Gasteiger partial charge < -0.3 is 16.3 Å². The van der Waals surface area contributed by atoms with E-state index in [2.05, 4.69) is 35.6 Å². The van der Waals surface area contributed by atoms with Gasteiger partial charge in [0, 0.05) is 17.8 Å². The topological polar surface area (TPSA) is 70.6 Å². The second-order valence-corrected chi connectivity index (χ2v) is 4.90. The van der Waals surface area contributed by atoms with E-state index in [4.69, 9.17) is 10.9 Å². The molecule has 4 N–H and O–H groups in total. The highest BCUT2D eigenvalue weighted by molar-refractivity contribution is 5.98. The average Bonchev–Trinajstić information content (AvgIpc) is 2.54. The van der Waals surface area contributed by atoms with Crippen molar-refractivity contribution >= 4 is 11.5 Å². The van der Waals surface area contributed by atoms with Crippen LogP contribution in [0.1, 0.15) is 30.0 Å². The zero-order valence-corrected chi connectivity index (χ0v) is 12.2. The third kappa shape index (κ3) is 3.75. The van der Waals surface area contributed by atoms with Crippen molar-refractivity contribution in [2.75, 3.05) is 5.32 Å². The third-order valence-corrected chi connectivity index (χ3v) is 3.41. The lowest BCUT2D eigenvalue weighted by molar-refractivity contribution is 0.318. The Balaban J connectivity index is 2.17. The zero-order chi connectivity index (χ0) is 15.1. The summed E-state index contributed by atoms with van der Waals surface area (Å²) in [6.07, 6.45) is 2.16. The van der Waals surface area contributed by atoms with Crippen molar-refractivity contribution in [2.45, 2.75) is 26.3 Å². The van der Waals surface area contributed by atoms with Gasteiger partial charge in [-0.2, -0.15) is 0 Å². The fourth-order valence-corrected chi connectivity index (χ4v) is 2.35. The van der Waals surface area contributed by atoms with Crippen molar-refractivity contribution in [3.8, 4) is 0 Å². The summed E-state index contributed by atoms with van der Waals surface area (Å²) in [5.74, 6) is 0.134. The number of amidine groups is 1. The Hall–Kier alpha value is -2.49. The van der Waals surface area contributed by atoms with Crippen molar-refractivity contribution in [1.82, 2.24) is 0 Å². The van der Waals surface area contributed by atoms with E-state index in [1.54, 1.807) is 0 Å². The molecule has 2 rings (SSSR count). The van der Waals surface area contributed by atoms with Gasteiger partial charge in [-0.15, -0.1) is 0 Å². The van der Waals surface area contributed by atoms with E-state index in [0.29, 0.717) is 6.54 Å². The van der Waals surface area contributed by atoms with Gasteiger partial charge in [-0.1, -0.05) is 61.0 Å². The highest BCUT2D eigenvalue weighted by Crippen LogP contribution is 2.18. The maximum absolute atomic E-state index is 8.85. The minimum Gasteiger partial charge on any atom is -0.409 e. The predicted octanol–water partition coefficient (Wildman–Crippen LogP) is 3.35. The fraction of sp³-hybridized carbons (Fsp3) is 0.235. The Morgan fingerprint density at radius 2 is 1.76 bits per heavy atom. The van der Waals surface area contributed by atoms with Crippen LogP contribution in [0.25, 0.3) is 0 Å². The molecular weight excluding hydrogens is 262 g/mol. The van der Waals surface area contributed by atoms with Crippen molar-refractivity contribution in [3.05, 3.63) is 65.2 Å². The molecular formula is C17H21N3O. The molecule has 4 nitrogen and oxygen atoms in total. The molecule has 0 atom stereocenters. The first kappa shape index (κ1) is 14.9. The van der Waals surface area contributed by atoms with Gasteiger partial charge in [0.15, 0.2) is 5.84 Å². The molecule has 0 saturated heterocycles. The molecule has 0 unspecified atom stereocenters. The number of para-hydroxylation sites is 1. The number of rotatable bonds is 6. The van der Waals surface area contributed by atoms with E-state index in [-0.39, 0.29) is 5.84 Å². The van der Waals surface area contributed by atoms with Crippen LogP contribution in [0.3, 0.4) is 0 Å². The summed E-state index contributed by atoms with van der Waals surface area (Å²) >= 11 is 0. The molecule has 0 spiro atoms. The third-order valence-electron chi connectivity index (χ3n) is 3.41. The Morgan fingerprint density at radius 1 is 1.10 bits per heavy atom. The van der Waals surface area contributed by atoms with E-state index < -0.39 is 0 Å². The van der Waals surface area contributed by atoms with Crippen molar-refractivity contribution in [3.63, 3.8) is 0 Å². The number of hydrogen-bond donors (Lipinski definition) is 3. The number of oxime groups is 1. The molecule has 0 aromatic heterocycles. The number of nitrogens with zero attached hydrogens (tertiary/aromatic N) is 1. The first-order chi connectivity index (χ1) is 10.3. The van der Waals surface area contributed by atoms with Crippen molar-refractivity contribution in [1.29, 1.82) is 0 Å². The van der Waals surface area contributed by atoms with Gasteiger partial charge in [-0.3, -0.25) is 0 Å². The average molecular weight is 283 g/mol. The Bertz CT molecular complexity index is 623. The molecule has 0 amide bonds. The second kappa shape index (κ2) is 7.33. The summed E-state index contributed by atoms with van der Waals surface area (Å²) in [7, 11) is 0. The zero-order valence-electron chi connectivity index (χ0n) is 12.2. The van der Waals surface area contributed by atoms with Crippen LogP contribution in [-0.2, 0) is 13.0 Å². The molecule has 0 bridgehead atoms. The number of benzene rings is 2. The van der Waals surface area contributed by atoms with E-state index in [9.17, 15) is 0 Å². The number of anilines is 1. The van der Waals surface area contributed by atoms with Gasteiger partial charge in [0.05, 0.1) is 0 Å². The van der Waals surface area contributed by atoms with Gasteiger partial charge in [0.1, 0.15) is 0 Å². The molecule has 0 aliphatic heterocycles. The van der Waals surface area contributed by atoms with Crippen LogP contribution in [0.5, 0.6) is 0 Å². The maximum Gasteiger partial charge on any atom is 0.170 e. The highest BCUT2D eigenvalue weighted by Gasteiger charge is 2.07. The largest absolute Gasteiger partial charge is 0.409 e. The van der Waals surface area contributed by atoms with Crippen molar-refractivity contribution < 1.29 is 5.21 Å². The summed E-state index contributed by atoms with van der Waals surface area (Å²) < 4.78 is 0. The molecule has 0 aliphatic carbocycles. The summed E-state index contributed by atoms with van der Waals surface area (Å²) in [6.45, 7) is 2.80. The predicted molar refractivity (Wildman–Crippen MR) is 86.7 cm³/mol. The Kier molecular flexibility index (Phi) is 5.21. The number of nitrogens with two attached hydrogens (primary N) is 1. The summed E-state index contributed by atoms with van der Waals surface area (Å²) in [5.41, 5.74) is 9.90. The number of nitrogens with one attached hydrogen (secondary N) is 1. The van der Waals surface area contributed by atoms with Crippen LogP contribution in [0.2, 0.25) is 0 Å². The maximum atomic E-state index is 8.85. The first-order valence-corrected chi connectivity index (χ1v) is 7.13. The normalized spacial score (nSPS) is 11.4. The molecule has 110 valence electrons. The smallest absolute Gasteiger partial charge is 0.170 e. The van der Waals surface area contributed by atoms with Gasteiger partial charge in [-0.25, -0.2) is 0 Å². The van der Waals surface area contributed by atoms with Gasteiger partial charge >= 0.3 is 0 Å².